The lowest BCUT2D eigenvalue weighted by molar-refractivity contribution is -0.116. The number of anilines is 1. The molecule has 1 saturated heterocycles. The van der Waals surface area contributed by atoms with Crippen molar-refractivity contribution in [2.24, 2.45) is 0 Å². The maximum atomic E-state index is 11.5. The van der Waals surface area contributed by atoms with Gasteiger partial charge >= 0.3 is 0 Å². The highest BCUT2D eigenvalue weighted by Gasteiger charge is 2.20. The number of carbonyl (C=O) groups is 1. The Morgan fingerprint density at radius 2 is 1.78 bits per heavy atom. The van der Waals surface area contributed by atoms with E-state index >= 15 is 0 Å². The summed E-state index contributed by atoms with van der Waals surface area (Å²) >= 11 is 0. The third-order valence-electron chi connectivity index (χ3n) is 5.86. The standard InChI is InChI=1S/C23H28N2O.ClH/c26-23-11-9-21-17-18(8-10-22(21)24-23)5-4-14-25-15-12-20(13-16-25)19-6-2-1-3-7-19;/h1-3,6-8,10,17,20H,4-5,9,11-16H2,(H,24,26);1H. The molecule has 2 heterocycles. The zero-order chi connectivity index (χ0) is 17.8. The molecule has 0 radical (unpaired) electrons. The van der Waals surface area contributed by atoms with Crippen molar-refractivity contribution in [1.82, 2.24) is 4.90 Å². The number of amides is 1. The average Bonchev–Trinajstić information content (AvgIpc) is 2.69. The van der Waals surface area contributed by atoms with E-state index in [1.54, 1.807) is 0 Å². The highest BCUT2D eigenvalue weighted by atomic mass is 35.5. The Labute approximate surface area is 168 Å². The Morgan fingerprint density at radius 3 is 2.56 bits per heavy atom. The van der Waals surface area contributed by atoms with Crippen LogP contribution in [-0.2, 0) is 17.6 Å². The van der Waals surface area contributed by atoms with E-state index < -0.39 is 0 Å². The maximum Gasteiger partial charge on any atom is 0.224 e. The Kier molecular flexibility index (Phi) is 6.92. The molecule has 1 N–H and O–H groups in total. The van der Waals surface area contributed by atoms with Gasteiger partial charge < -0.3 is 10.2 Å². The van der Waals surface area contributed by atoms with Crippen LogP contribution in [-0.4, -0.2) is 30.4 Å². The van der Waals surface area contributed by atoms with Gasteiger partial charge in [-0.05, 0) is 80.4 Å². The van der Waals surface area contributed by atoms with E-state index in [4.69, 9.17) is 0 Å². The number of benzene rings is 2. The van der Waals surface area contributed by atoms with Crippen LogP contribution in [0.2, 0.25) is 0 Å². The molecular formula is C23H29ClN2O. The highest BCUT2D eigenvalue weighted by molar-refractivity contribution is 5.93. The molecule has 27 heavy (non-hydrogen) atoms. The first-order valence-electron chi connectivity index (χ1n) is 9.97. The fraction of sp³-hybridized carbons (Fsp3) is 0.435. The lowest BCUT2D eigenvalue weighted by Gasteiger charge is -2.32. The molecule has 0 aliphatic carbocycles. The van der Waals surface area contributed by atoms with Gasteiger partial charge in [0, 0.05) is 12.1 Å². The van der Waals surface area contributed by atoms with Crippen LogP contribution >= 0.6 is 12.4 Å². The van der Waals surface area contributed by atoms with Crippen LogP contribution in [0.5, 0.6) is 0 Å². The summed E-state index contributed by atoms with van der Waals surface area (Å²) in [6.45, 7) is 3.63. The van der Waals surface area contributed by atoms with Gasteiger partial charge in [0.25, 0.3) is 0 Å². The van der Waals surface area contributed by atoms with Crippen LogP contribution < -0.4 is 5.32 Å². The van der Waals surface area contributed by atoms with Gasteiger partial charge in [-0.25, -0.2) is 0 Å². The van der Waals surface area contributed by atoms with E-state index in [0.29, 0.717) is 6.42 Å². The number of piperidine rings is 1. The van der Waals surface area contributed by atoms with Gasteiger partial charge in [-0.15, -0.1) is 12.4 Å². The number of likely N-dealkylation sites (tertiary alicyclic amines) is 1. The molecule has 0 unspecified atom stereocenters. The van der Waals surface area contributed by atoms with Crippen LogP contribution in [0, 0.1) is 0 Å². The van der Waals surface area contributed by atoms with Crippen molar-refractivity contribution < 1.29 is 4.79 Å². The number of rotatable bonds is 5. The third-order valence-corrected chi connectivity index (χ3v) is 5.86. The summed E-state index contributed by atoms with van der Waals surface area (Å²) in [6, 6.07) is 17.5. The fourth-order valence-corrected chi connectivity index (χ4v) is 4.31. The minimum Gasteiger partial charge on any atom is -0.326 e. The number of nitrogens with zero attached hydrogens (tertiary/aromatic N) is 1. The predicted molar refractivity (Wildman–Crippen MR) is 114 cm³/mol. The topological polar surface area (TPSA) is 32.3 Å². The monoisotopic (exact) mass is 384 g/mol. The lowest BCUT2D eigenvalue weighted by Crippen LogP contribution is -2.33. The molecule has 1 amide bonds. The van der Waals surface area contributed by atoms with E-state index in [2.05, 4.69) is 58.7 Å². The van der Waals surface area contributed by atoms with Crippen molar-refractivity contribution in [2.75, 3.05) is 25.0 Å². The van der Waals surface area contributed by atoms with Gasteiger partial charge in [0.1, 0.15) is 0 Å². The first-order valence-corrected chi connectivity index (χ1v) is 9.97. The number of carbonyl (C=O) groups excluding carboxylic acids is 1. The van der Waals surface area contributed by atoms with Crippen molar-refractivity contribution in [2.45, 2.75) is 44.4 Å². The van der Waals surface area contributed by atoms with Crippen molar-refractivity contribution in [3.05, 3.63) is 65.2 Å². The first-order chi connectivity index (χ1) is 12.8. The molecule has 3 nitrogen and oxygen atoms in total. The molecule has 2 aromatic rings. The van der Waals surface area contributed by atoms with Crippen molar-refractivity contribution in [3.63, 3.8) is 0 Å². The van der Waals surface area contributed by atoms with Gasteiger partial charge in [0.15, 0.2) is 0 Å². The van der Waals surface area contributed by atoms with Crippen LogP contribution in [0.15, 0.2) is 48.5 Å². The van der Waals surface area contributed by atoms with Crippen molar-refractivity contribution >= 4 is 24.0 Å². The van der Waals surface area contributed by atoms with E-state index in [1.807, 2.05) is 0 Å². The summed E-state index contributed by atoms with van der Waals surface area (Å²) in [7, 11) is 0. The molecular weight excluding hydrogens is 356 g/mol. The Bertz CT molecular complexity index is 754. The molecule has 0 saturated carbocycles. The zero-order valence-electron chi connectivity index (χ0n) is 15.8. The van der Waals surface area contributed by atoms with Gasteiger partial charge in [-0.2, -0.15) is 0 Å². The van der Waals surface area contributed by atoms with Crippen LogP contribution in [0.25, 0.3) is 0 Å². The second-order valence-electron chi connectivity index (χ2n) is 7.67. The van der Waals surface area contributed by atoms with Crippen molar-refractivity contribution in [3.8, 4) is 0 Å². The van der Waals surface area contributed by atoms with Gasteiger partial charge in [0.05, 0.1) is 0 Å². The summed E-state index contributed by atoms with van der Waals surface area (Å²) in [5.41, 5.74) is 5.21. The molecule has 2 aromatic carbocycles. The Balaban J connectivity index is 0.00000210. The van der Waals surface area contributed by atoms with Gasteiger partial charge in [-0.1, -0.05) is 42.5 Å². The number of fused-ring (bicyclic) bond motifs is 1. The summed E-state index contributed by atoms with van der Waals surface area (Å²) in [6.07, 6.45) is 6.39. The molecule has 2 aliphatic rings. The second-order valence-corrected chi connectivity index (χ2v) is 7.67. The summed E-state index contributed by atoms with van der Waals surface area (Å²) in [5.74, 6) is 0.882. The summed E-state index contributed by atoms with van der Waals surface area (Å²) < 4.78 is 0. The molecule has 4 rings (SSSR count). The fourth-order valence-electron chi connectivity index (χ4n) is 4.31. The number of hydrogen-bond donors (Lipinski definition) is 1. The van der Waals surface area contributed by atoms with E-state index in [-0.39, 0.29) is 18.3 Å². The van der Waals surface area contributed by atoms with E-state index in [0.717, 1.165) is 24.4 Å². The number of hydrogen-bond acceptors (Lipinski definition) is 2. The molecule has 0 spiro atoms. The number of aryl methyl sites for hydroxylation is 2. The first kappa shape index (κ1) is 19.9. The molecule has 2 aliphatic heterocycles. The third kappa shape index (κ3) is 5.12. The second kappa shape index (κ2) is 9.38. The average molecular weight is 385 g/mol. The van der Waals surface area contributed by atoms with Gasteiger partial charge in [0.2, 0.25) is 5.91 Å². The number of halogens is 1. The van der Waals surface area contributed by atoms with Gasteiger partial charge in [-0.3, -0.25) is 4.79 Å². The van der Waals surface area contributed by atoms with E-state index in [9.17, 15) is 4.79 Å². The van der Waals surface area contributed by atoms with Crippen LogP contribution in [0.4, 0.5) is 5.69 Å². The largest absolute Gasteiger partial charge is 0.326 e. The van der Waals surface area contributed by atoms with E-state index in [1.165, 1.54) is 55.6 Å². The molecule has 0 atom stereocenters. The molecule has 0 aromatic heterocycles. The smallest absolute Gasteiger partial charge is 0.224 e. The minimum atomic E-state index is 0. The maximum absolute atomic E-state index is 11.5. The van der Waals surface area contributed by atoms with Crippen molar-refractivity contribution in [1.29, 1.82) is 0 Å². The highest BCUT2D eigenvalue weighted by Crippen LogP contribution is 2.28. The molecule has 144 valence electrons. The Morgan fingerprint density at radius 1 is 1.00 bits per heavy atom. The predicted octanol–water partition coefficient (Wildman–Crippen LogP) is 4.81. The summed E-state index contributed by atoms with van der Waals surface area (Å²) in [4.78, 5) is 14.1. The summed E-state index contributed by atoms with van der Waals surface area (Å²) in [5, 5.41) is 2.97. The molecule has 4 heteroatoms. The number of nitrogens with one attached hydrogen (secondary N) is 1. The minimum absolute atomic E-state index is 0. The SMILES string of the molecule is Cl.O=C1CCc2cc(CCCN3CCC(c4ccccc4)CC3)ccc2N1. The van der Waals surface area contributed by atoms with Crippen LogP contribution in [0.1, 0.15) is 48.3 Å². The zero-order valence-corrected chi connectivity index (χ0v) is 16.6. The molecule has 0 bridgehead atoms. The molecule has 1 fully saturated rings. The van der Waals surface area contributed by atoms with Crippen LogP contribution in [0.3, 0.4) is 0 Å². The normalized spacial score (nSPS) is 17.7. The lowest BCUT2D eigenvalue weighted by atomic mass is 9.89. The Hall–Kier alpha value is -1.84. The quantitative estimate of drug-likeness (QED) is 0.802.